The highest BCUT2D eigenvalue weighted by atomic mass is 79.9. The van der Waals surface area contributed by atoms with Gasteiger partial charge in [-0.05, 0) is 0 Å². The smallest absolute Gasteiger partial charge is 0.423 e. The molecule has 14 heavy (non-hydrogen) atoms. The van der Waals surface area contributed by atoms with E-state index in [1.54, 1.807) is 0 Å². The summed E-state index contributed by atoms with van der Waals surface area (Å²) in [7, 11) is 0. The van der Waals surface area contributed by atoms with Gasteiger partial charge in [-0.1, -0.05) is 6.58 Å². The van der Waals surface area contributed by atoms with Crippen molar-refractivity contribution in [2.75, 3.05) is 0 Å². The van der Waals surface area contributed by atoms with E-state index < -0.39 is 22.9 Å². The Morgan fingerprint density at radius 3 is 1.57 bits per heavy atom. The minimum atomic E-state index is -5.32. The van der Waals surface area contributed by atoms with Crippen molar-refractivity contribution in [1.29, 1.82) is 0 Å². The van der Waals surface area contributed by atoms with Crippen LogP contribution >= 0.6 is 15.9 Å². The Labute approximate surface area is 81.6 Å². The standard InChI is InChI=1S/C5H2BrF7O/c1-2(3(7,8)9)14-5(12,13)4(6,10)11/h1H2. The number of rotatable bonds is 3. The number of allylic oxidation sites excluding steroid dienone is 1. The first-order valence-corrected chi connectivity index (χ1v) is 3.57. The fourth-order valence-corrected chi connectivity index (χ4v) is 0.351. The van der Waals surface area contributed by atoms with Crippen molar-refractivity contribution < 1.29 is 35.5 Å². The van der Waals surface area contributed by atoms with Crippen LogP contribution in [0.3, 0.4) is 0 Å². The van der Waals surface area contributed by atoms with E-state index in [0.717, 1.165) is 0 Å². The highest BCUT2D eigenvalue weighted by Gasteiger charge is 2.59. The molecule has 0 aromatic carbocycles. The van der Waals surface area contributed by atoms with Crippen molar-refractivity contribution in [3.63, 3.8) is 0 Å². The molecule has 84 valence electrons. The maximum Gasteiger partial charge on any atom is 0.475 e. The van der Waals surface area contributed by atoms with Crippen LogP contribution in [0.15, 0.2) is 12.3 Å². The average Bonchev–Trinajstić information content (AvgIpc) is 1.80. The van der Waals surface area contributed by atoms with E-state index in [4.69, 9.17) is 0 Å². The van der Waals surface area contributed by atoms with Crippen LogP contribution in [0.5, 0.6) is 0 Å². The van der Waals surface area contributed by atoms with Gasteiger partial charge in [0.05, 0.1) is 0 Å². The molecule has 1 nitrogen and oxygen atoms in total. The zero-order valence-corrected chi connectivity index (χ0v) is 7.73. The van der Waals surface area contributed by atoms with Crippen molar-refractivity contribution in [2.24, 2.45) is 0 Å². The van der Waals surface area contributed by atoms with Gasteiger partial charge in [0.15, 0.2) is 5.76 Å². The largest absolute Gasteiger partial charge is 0.475 e. The highest BCUT2D eigenvalue weighted by molar-refractivity contribution is 9.10. The fraction of sp³-hybridized carbons (Fsp3) is 0.600. The second-order valence-corrected chi connectivity index (χ2v) is 3.03. The summed E-state index contributed by atoms with van der Waals surface area (Å²) in [6.45, 7) is 2.04. The molecule has 0 bridgehead atoms. The lowest BCUT2D eigenvalue weighted by Crippen LogP contribution is -2.39. The predicted octanol–water partition coefficient (Wildman–Crippen LogP) is 3.66. The molecule has 0 atom stereocenters. The normalized spacial score (nSPS) is 14.0. The van der Waals surface area contributed by atoms with E-state index in [1.165, 1.54) is 15.9 Å². The summed E-state index contributed by atoms with van der Waals surface area (Å²) in [5.41, 5.74) is 0. The first kappa shape index (κ1) is 13.5. The minimum Gasteiger partial charge on any atom is -0.423 e. The molecule has 0 unspecified atom stereocenters. The van der Waals surface area contributed by atoms with E-state index >= 15 is 0 Å². The van der Waals surface area contributed by atoms with Gasteiger partial charge >= 0.3 is 17.1 Å². The lowest BCUT2D eigenvalue weighted by Gasteiger charge is -2.23. The molecule has 0 saturated carbocycles. The van der Waals surface area contributed by atoms with E-state index in [0.29, 0.717) is 0 Å². The molecule has 0 aliphatic heterocycles. The Balaban J connectivity index is 4.62. The Morgan fingerprint density at radius 2 is 1.36 bits per heavy atom. The Bertz CT molecular complexity index is 227. The molecule has 0 amide bonds. The zero-order chi connectivity index (χ0) is 11.8. The van der Waals surface area contributed by atoms with Crippen molar-refractivity contribution in [2.45, 2.75) is 17.1 Å². The maximum atomic E-state index is 12.1. The predicted molar refractivity (Wildman–Crippen MR) is 35.1 cm³/mol. The second kappa shape index (κ2) is 3.59. The molecule has 0 heterocycles. The summed E-state index contributed by atoms with van der Waals surface area (Å²) < 4.78 is 85.4. The van der Waals surface area contributed by atoms with Crippen LogP contribution in [0.2, 0.25) is 0 Å². The summed E-state index contributed by atoms with van der Waals surface area (Å²) >= 11 is 1.18. The Kier molecular flexibility index (Phi) is 3.47. The van der Waals surface area contributed by atoms with Gasteiger partial charge in [-0.15, -0.1) is 0 Å². The van der Waals surface area contributed by atoms with E-state index in [1.807, 2.05) is 6.58 Å². The molecule has 0 aliphatic carbocycles. The molecule has 0 spiro atoms. The van der Waals surface area contributed by atoms with Crippen LogP contribution in [-0.4, -0.2) is 17.1 Å². The lowest BCUT2D eigenvalue weighted by molar-refractivity contribution is -0.312. The number of alkyl halides is 8. The highest BCUT2D eigenvalue weighted by Crippen LogP contribution is 2.43. The van der Waals surface area contributed by atoms with Crippen molar-refractivity contribution in [1.82, 2.24) is 0 Å². The molecular formula is C5H2BrF7O. The molecule has 0 aromatic heterocycles. The van der Waals surface area contributed by atoms with E-state index in [9.17, 15) is 30.7 Å². The van der Waals surface area contributed by atoms with Crippen LogP contribution in [0.1, 0.15) is 0 Å². The second-order valence-electron chi connectivity index (χ2n) is 2.04. The molecule has 0 N–H and O–H groups in total. The molecule has 0 saturated heterocycles. The number of hydrogen-bond acceptors (Lipinski definition) is 1. The van der Waals surface area contributed by atoms with Gasteiger partial charge in [0, 0.05) is 15.9 Å². The first-order valence-electron chi connectivity index (χ1n) is 2.77. The summed E-state index contributed by atoms with van der Waals surface area (Å²) in [6.07, 6.45) is -10.6. The summed E-state index contributed by atoms with van der Waals surface area (Å²) in [6, 6.07) is 0. The summed E-state index contributed by atoms with van der Waals surface area (Å²) in [5, 5.41) is 0. The zero-order valence-electron chi connectivity index (χ0n) is 6.14. The van der Waals surface area contributed by atoms with Gasteiger partial charge < -0.3 is 4.74 Å². The Hall–Kier alpha value is -0.470. The van der Waals surface area contributed by atoms with Gasteiger partial charge in [0.1, 0.15) is 0 Å². The van der Waals surface area contributed by atoms with Gasteiger partial charge in [-0.3, -0.25) is 0 Å². The third-order valence-electron chi connectivity index (χ3n) is 0.898. The Morgan fingerprint density at radius 1 is 1.00 bits per heavy atom. The molecule has 0 radical (unpaired) electrons. The average molecular weight is 291 g/mol. The van der Waals surface area contributed by atoms with Crippen LogP contribution in [0, 0.1) is 0 Å². The number of halogens is 8. The van der Waals surface area contributed by atoms with Gasteiger partial charge in [-0.25, -0.2) is 0 Å². The molecule has 9 heteroatoms. The van der Waals surface area contributed by atoms with Gasteiger partial charge in [-0.2, -0.15) is 30.7 Å². The third kappa shape index (κ3) is 3.35. The summed E-state index contributed by atoms with van der Waals surface area (Å²) in [5.74, 6) is -2.40. The quantitative estimate of drug-likeness (QED) is 0.438. The van der Waals surface area contributed by atoms with Crippen molar-refractivity contribution >= 4 is 15.9 Å². The monoisotopic (exact) mass is 290 g/mol. The number of hydrogen-bond donors (Lipinski definition) is 0. The fourth-order valence-electron chi connectivity index (χ4n) is 0.270. The molecule has 0 rings (SSSR count). The third-order valence-corrected chi connectivity index (χ3v) is 1.36. The van der Waals surface area contributed by atoms with E-state index in [2.05, 4.69) is 4.74 Å². The van der Waals surface area contributed by atoms with Crippen LogP contribution < -0.4 is 0 Å². The van der Waals surface area contributed by atoms with Gasteiger partial charge in [0.25, 0.3) is 0 Å². The SMILES string of the molecule is C=C(OC(F)(F)C(F)(F)Br)C(F)(F)F. The van der Waals surface area contributed by atoms with Crippen LogP contribution in [-0.2, 0) is 4.74 Å². The number of ether oxygens (including phenoxy) is 1. The molecular weight excluding hydrogens is 289 g/mol. The lowest BCUT2D eigenvalue weighted by atomic mass is 10.5. The minimum absolute atomic E-state index is 1.18. The molecule has 0 aliphatic rings. The van der Waals surface area contributed by atoms with Crippen molar-refractivity contribution in [3.05, 3.63) is 12.3 Å². The van der Waals surface area contributed by atoms with Gasteiger partial charge in [0.2, 0.25) is 0 Å². The molecule has 0 fully saturated rings. The van der Waals surface area contributed by atoms with E-state index in [-0.39, 0.29) is 0 Å². The maximum absolute atomic E-state index is 12.1. The molecule has 0 aromatic rings. The summed E-state index contributed by atoms with van der Waals surface area (Å²) in [4.78, 5) is -4.91. The topological polar surface area (TPSA) is 9.23 Å². The van der Waals surface area contributed by atoms with Crippen molar-refractivity contribution in [3.8, 4) is 0 Å². The first-order chi connectivity index (χ1) is 5.88. The van der Waals surface area contributed by atoms with Crippen LogP contribution in [0.25, 0.3) is 0 Å². The van der Waals surface area contributed by atoms with Crippen LogP contribution in [0.4, 0.5) is 30.7 Å².